The summed E-state index contributed by atoms with van der Waals surface area (Å²) in [6.07, 6.45) is 5.77. The minimum absolute atomic E-state index is 0.0574. The first-order chi connectivity index (χ1) is 10.2. The second-order valence-electron chi connectivity index (χ2n) is 5.55. The van der Waals surface area contributed by atoms with Crippen LogP contribution >= 0.6 is 0 Å². The molecule has 0 radical (unpaired) electrons. The molecule has 0 spiro atoms. The molecule has 2 atom stereocenters. The molecular weight excluding hydrogens is 270 g/mol. The van der Waals surface area contributed by atoms with Crippen molar-refractivity contribution in [2.75, 3.05) is 33.4 Å². The summed E-state index contributed by atoms with van der Waals surface area (Å²) in [7, 11) is 2.14. The van der Waals surface area contributed by atoms with Gasteiger partial charge in [0.05, 0.1) is 19.3 Å². The van der Waals surface area contributed by atoms with Crippen molar-refractivity contribution >= 4 is 5.91 Å². The fourth-order valence-corrected chi connectivity index (χ4v) is 2.68. The minimum Gasteiger partial charge on any atom is -0.490 e. The van der Waals surface area contributed by atoms with Crippen LogP contribution in [0.5, 0.6) is 5.75 Å². The van der Waals surface area contributed by atoms with Gasteiger partial charge in [0.15, 0.2) is 6.10 Å². The van der Waals surface area contributed by atoms with E-state index in [4.69, 9.17) is 9.47 Å². The molecule has 3 rings (SSSR count). The predicted molar refractivity (Wildman–Crippen MR) is 77.1 cm³/mol. The van der Waals surface area contributed by atoms with Crippen LogP contribution in [0.15, 0.2) is 18.5 Å². The van der Waals surface area contributed by atoms with E-state index < -0.39 is 0 Å². The van der Waals surface area contributed by atoms with Gasteiger partial charge in [0, 0.05) is 12.2 Å². The monoisotopic (exact) mass is 291 g/mol. The summed E-state index contributed by atoms with van der Waals surface area (Å²) in [5.74, 6) is 0.697. The largest absolute Gasteiger partial charge is 0.490 e. The normalized spacial score (nSPS) is 24.8. The Bertz CT molecular complexity index is 505. The number of rotatable bonds is 6. The summed E-state index contributed by atoms with van der Waals surface area (Å²) in [6.45, 7) is 2.58. The van der Waals surface area contributed by atoms with Gasteiger partial charge < -0.3 is 14.8 Å². The maximum Gasteiger partial charge on any atom is 0.251 e. The van der Waals surface area contributed by atoms with Gasteiger partial charge in [-0.2, -0.15) is 0 Å². The zero-order chi connectivity index (χ0) is 14.7. The van der Waals surface area contributed by atoms with E-state index in [1.165, 1.54) is 18.4 Å². The Hall–Kier alpha value is -1.66. The number of pyridine rings is 1. The van der Waals surface area contributed by atoms with Crippen LogP contribution in [0.3, 0.4) is 0 Å². The predicted octanol–water partition coefficient (Wildman–Crippen LogP) is 0.742. The number of amides is 1. The van der Waals surface area contributed by atoms with Crippen LogP contribution in [0.2, 0.25) is 0 Å². The van der Waals surface area contributed by atoms with Gasteiger partial charge in [-0.3, -0.25) is 14.7 Å². The smallest absolute Gasteiger partial charge is 0.251 e. The van der Waals surface area contributed by atoms with Gasteiger partial charge in [0.1, 0.15) is 12.4 Å². The molecule has 1 unspecified atom stereocenters. The van der Waals surface area contributed by atoms with E-state index in [0.717, 1.165) is 12.3 Å². The molecule has 6 heteroatoms. The van der Waals surface area contributed by atoms with Gasteiger partial charge in [0.2, 0.25) is 0 Å². The van der Waals surface area contributed by atoms with Gasteiger partial charge in [-0.1, -0.05) is 0 Å². The standard InChI is InChI=1S/C15H21N3O3/c1-18-5-2-3-13(18)11-7-12(9-16-8-11)20-6-4-17-15(19)14-10-21-14/h7-9,13-14H,2-6,10H2,1H3,(H,17,19)/t13-,14?/m0/s1. The number of epoxide rings is 1. The summed E-state index contributed by atoms with van der Waals surface area (Å²) < 4.78 is 10.6. The summed E-state index contributed by atoms with van der Waals surface area (Å²) >= 11 is 0. The maximum absolute atomic E-state index is 11.4. The summed E-state index contributed by atoms with van der Waals surface area (Å²) in [4.78, 5) is 18.0. The van der Waals surface area contributed by atoms with Gasteiger partial charge in [-0.15, -0.1) is 0 Å². The number of hydrogen-bond donors (Lipinski definition) is 1. The molecule has 0 bridgehead atoms. The molecular formula is C15H21N3O3. The summed E-state index contributed by atoms with van der Waals surface area (Å²) in [5, 5.41) is 2.77. The average molecular weight is 291 g/mol. The molecule has 114 valence electrons. The molecule has 1 amide bonds. The average Bonchev–Trinajstić information content (AvgIpc) is 3.26. The molecule has 6 nitrogen and oxygen atoms in total. The second kappa shape index (κ2) is 6.41. The van der Waals surface area contributed by atoms with Gasteiger partial charge >= 0.3 is 0 Å². The molecule has 2 fully saturated rings. The first-order valence-corrected chi connectivity index (χ1v) is 7.41. The second-order valence-corrected chi connectivity index (χ2v) is 5.55. The Morgan fingerprint density at radius 1 is 1.57 bits per heavy atom. The molecule has 3 heterocycles. The quantitative estimate of drug-likeness (QED) is 0.618. The lowest BCUT2D eigenvalue weighted by atomic mass is 10.1. The van der Waals surface area contributed by atoms with Gasteiger partial charge in [-0.25, -0.2) is 0 Å². The number of ether oxygens (including phenoxy) is 2. The Morgan fingerprint density at radius 2 is 2.43 bits per heavy atom. The van der Waals surface area contributed by atoms with E-state index >= 15 is 0 Å². The van der Waals surface area contributed by atoms with Crippen molar-refractivity contribution in [2.24, 2.45) is 0 Å². The zero-order valence-electron chi connectivity index (χ0n) is 12.2. The third kappa shape index (κ3) is 3.71. The number of nitrogens with one attached hydrogen (secondary N) is 1. The zero-order valence-corrected chi connectivity index (χ0v) is 12.2. The molecule has 0 aromatic carbocycles. The third-order valence-electron chi connectivity index (χ3n) is 3.94. The fourth-order valence-electron chi connectivity index (χ4n) is 2.68. The van der Waals surface area contributed by atoms with Crippen LogP contribution in [-0.4, -0.2) is 55.2 Å². The first kappa shape index (κ1) is 14.3. The number of carbonyl (C=O) groups excluding carboxylic acids is 1. The van der Waals surface area contributed by atoms with E-state index in [-0.39, 0.29) is 12.0 Å². The number of aromatic nitrogens is 1. The Kier molecular flexibility index (Phi) is 4.36. The summed E-state index contributed by atoms with van der Waals surface area (Å²) in [5.41, 5.74) is 1.20. The Labute approximate surface area is 124 Å². The number of nitrogens with zero attached hydrogens (tertiary/aromatic N) is 2. The van der Waals surface area contributed by atoms with Crippen LogP contribution in [0.1, 0.15) is 24.4 Å². The van der Waals surface area contributed by atoms with Crippen molar-refractivity contribution in [3.05, 3.63) is 24.0 Å². The lowest BCUT2D eigenvalue weighted by Crippen LogP contribution is -2.31. The SMILES string of the molecule is CN1CCC[C@H]1c1cncc(OCCNC(=O)C2CO2)c1. The van der Waals surface area contributed by atoms with E-state index in [2.05, 4.69) is 22.2 Å². The molecule has 2 aliphatic heterocycles. The van der Waals surface area contributed by atoms with E-state index in [0.29, 0.717) is 25.8 Å². The van der Waals surface area contributed by atoms with E-state index in [1.54, 1.807) is 6.20 Å². The number of likely N-dealkylation sites (tertiary alicyclic amines) is 1. The highest BCUT2D eigenvalue weighted by Gasteiger charge is 2.30. The van der Waals surface area contributed by atoms with Crippen molar-refractivity contribution < 1.29 is 14.3 Å². The number of hydrogen-bond acceptors (Lipinski definition) is 5. The topological polar surface area (TPSA) is 67.0 Å². The van der Waals surface area contributed by atoms with Crippen molar-refractivity contribution in [1.82, 2.24) is 15.2 Å². The molecule has 0 saturated carbocycles. The van der Waals surface area contributed by atoms with Gasteiger partial charge in [0.25, 0.3) is 5.91 Å². The van der Waals surface area contributed by atoms with Crippen LogP contribution in [0, 0.1) is 0 Å². The molecule has 1 aromatic rings. The highest BCUT2D eigenvalue weighted by molar-refractivity contribution is 5.82. The van der Waals surface area contributed by atoms with Crippen molar-refractivity contribution in [2.45, 2.75) is 25.0 Å². The molecule has 21 heavy (non-hydrogen) atoms. The molecule has 1 N–H and O–H groups in total. The molecule has 2 saturated heterocycles. The van der Waals surface area contributed by atoms with Crippen LogP contribution in [0.25, 0.3) is 0 Å². The van der Waals surface area contributed by atoms with Crippen molar-refractivity contribution in [3.63, 3.8) is 0 Å². The number of carbonyl (C=O) groups is 1. The van der Waals surface area contributed by atoms with Crippen LogP contribution in [0.4, 0.5) is 0 Å². The highest BCUT2D eigenvalue weighted by Crippen LogP contribution is 2.31. The fraction of sp³-hybridized carbons (Fsp3) is 0.600. The molecule has 1 aromatic heterocycles. The summed E-state index contributed by atoms with van der Waals surface area (Å²) in [6, 6.07) is 2.48. The van der Waals surface area contributed by atoms with E-state index in [9.17, 15) is 4.79 Å². The van der Waals surface area contributed by atoms with Crippen LogP contribution in [-0.2, 0) is 9.53 Å². The first-order valence-electron chi connectivity index (χ1n) is 7.41. The maximum atomic E-state index is 11.4. The molecule has 0 aliphatic carbocycles. The highest BCUT2D eigenvalue weighted by atomic mass is 16.6. The van der Waals surface area contributed by atoms with Crippen molar-refractivity contribution in [1.29, 1.82) is 0 Å². The third-order valence-corrected chi connectivity index (χ3v) is 3.94. The van der Waals surface area contributed by atoms with Crippen molar-refractivity contribution in [3.8, 4) is 5.75 Å². The molecule has 2 aliphatic rings. The Balaban J connectivity index is 1.47. The Morgan fingerprint density at radius 3 is 3.14 bits per heavy atom. The lowest BCUT2D eigenvalue weighted by Gasteiger charge is -2.19. The van der Waals surface area contributed by atoms with E-state index in [1.807, 2.05) is 12.3 Å². The lowest BCUT2D eigenvalue weighted by molar-refractivity contribution is -0.122. The van der Waals surface area contributed by atoms with Gasteiger partial charge in [-0.05, 0) is 38.1 Å². The van der Waals surface area contributed by atoms with Crippen LogP contribution < -0.4 is 10.1 Å². The minimum atomic E-state index is -0.243.